The predicted octanol–water partition coefficient (Wildman–Crippen LogP) is 9.45. The molecule has 0 saturated heterocycles. The fraction of sp³-hybridized carbons (Fsp3) is 0.275. The van der Waals surface area contributed by atoms with Gasteiger partial charge in [0.1, 0.15) is 12.4 Å². The van der Waals surface area contributed by atoms with Gasteiger partial charge in [-0.2, -0.15) is 13.2 Å². The number of rotatable bonds is 13. The van der Waals surface area contributed by atoms with E-state index in [9.17, 15) is 18.0 Å². The van der Waals surface area contributed by atoms with Gasteiger partial charge in [0.05, 0.1) is 17.3 Å². The quantitative estimate of drug-likeness (QED) is 0.0759. The number of aryl methyl sites for hydroxylation is 1. The Labute approximate surface area is 282 Å². The Morgan fingerprint density at radius 3 is 2.25 bits per heavy atom. The molecular formula is C40H46F3N3O2. The first-order valence-electron chi connectivity index (χ1n) is 16.2. The van der Waals surface area contributed by atoms with Crippen LogP contribution in [-0.4, -0.2) is 19.0 Å². The molecule has 1 saturated carbocycles. The van der Waals surface area contributed by atoms with Gasteiger partial charge in [-0.1, -0.05) is 111 Å². The Balaban J connectivity index is 0.000000263. The number of carbonyl (C=O) groups is 1. The number of hydrogen-bond acceptors (Lipinski definition) is 5. The Bertz CT molecular complexity index is 1620. The van der Waals surface area contributed by atoms with Crippen molar-refractivity contribution < 1.29 is 22.7 Å². The number of nitrogens with one attached hydrogen (secondary N) is 2. The molecule has 254 valence electrons. The minimum absolute atomic E-state index is 0.150. The van der Waals surface area contributed by atoms with E-state index in [0.29, 0.717) is 31.2 Å². The van der Waals surface area contributed by atoms with E-state index in [-0.39, 0.29) is 11.7 Å². The van der Waals surface area contributed by atoms with Crippen molar-refractivity contribution in [2.24, 2.45) is 11.7 Å². The minimum atomic E-state index is -4.56. The van der Waals surface area contributed by atoms with Crippen LogP contribution < -0.4 is 21.1 Å². The van der Waals surface area contributed by atoms with Crippen LogP contribution in [0.2, 0.25) is 0 Å². The van der Waals surface area contributed by atoms with E-state index in [1.54, 1.807) is 24.3 Å². The summed E-state index contributed by atoms with van der Waals surface area (Å²) in [6.07, 6.45) is -0.914. The maximum absolute atomic E-state index is 12.3. The summed E-state index contributed by atoms with van der Waals surface area (Å²) in [7, 11) is 0. The van der Waals surface area contributed by atoms with Gasteiger partial charge in [-0.25, -0.2) is 0 Å². The molecule has 4 N–H and O–H groups in total. The van der Waals surface area contributed by atoms with Gasteiger partial charge in [0.15, 0.2) is 6.29 Å². The highest BCUT2D eigenvalue weighted by atomic mass is 19.4. The number of para-hydroxylation sites is 1. The van der Waals surface area contributed by atoms with Gasteiger partial charge in [0, 0.05) is 17.8 Å². The summed E-state index contributed by atoms with van der Waals surface area (Å²) in [6.45, 7) is 11.0. The fourth-order valence-electron chi connectivity index (χ4n) is 4.76. The lowest BCUT2D eigenvalue weighted by Gasteiger charge is -2.23. The second kappa shape index (κ2) is 19.2. The Morgan fingerprint density at radius 2 is 1.60 bits per heavy atom. The first kappa shape index (κ1) is 37.8. The number of allylic oxidation sites excluding steroid dienone is 3. The molecule has 1 atom stereocenters. The fourth-order valence-corrected chi connectivity index (χ4v) is 4.76. The summed E-state index contributed by atoms with van der Waals surface area (Å²) in [5.74, 6) is 1.78. The Hall–Kier alpha value is -4.66. The zero-order valence-electron chi connectivity index (χ0n) is 27.9. The number of benzene rings is 4. The van der Waals surface area contributed by atoms with Crippen LogP contribution in [0, 0.1) is 12.8 Å². The number of aldehydes is 1. The minimum Gasteiger partial charge on any atom is -0.489 e. The van der Waals surface area contributed by atoms with Crippen molar-refractivity contribution in [3.05, 3.63) is 155 Å². The molecule has 0 aromatic heterocycles. The molecule has 5 nitrogen and oxygen atoms in total. The van der Waals surface area contributed by atoms with Crippen LogP contribution in [0.4, 0.5) is 18.9 Å². The SMILES string of the molecule is C=C(/C=C(/C=O)Nc1cccc(CN)c1)C(F)(F)F.CC.Cc1cccc(C(NCC2CC2)c2ccccc2OCc2ccccc2)c1. The van der Waals surface area contributed by atoms with Crippen LogP contribution in [0.3, 0.4) is 0 Å². The van der Waals surface area contributed by atoms with Gasteiger partial charge < -0.3 is 21.1 Å². The summed E-state index contributed by atoms with van der Waals surface area (Å²) in [5.41, 5.74) is 10.4. The summed E-state index contributed by atoms with van der Waals surface area (Å²) in [6, 6.07) is 34.4. The zero-order chi connectivity index (χ0) is 34.9. The monoisotopic (exact) mass is 657 g/mol. The summed E-state index contributed by atoms with van der Waals surface area (Å²) in [5, 5.41) is 6.38. The average Bonchev–Trinajstić information content (AvgIpc) is 3.93. The van der Waals surface area contributed by atoms with Gasteiger partial charge in [-0.3, -0.25) is 4.79 Å². The maximum atomic E-state index is 12.3. The highest BCUT2D eigenvalue weighted by Crippen LogP contribution is 2.34. The lowest BCUT2D eigenvalue weighted by atomic mass is 9.96. The molecule has 1 unspecified atom stereocenters. The third kappa shape index (κ3) is 12.5. The van der Waals surface area contributed by atoms with Crippen molar-refractivity contribution in [2.75, 3.05) is 11.9 Å². The number of alkyl halides is 3. The van der Waals surface area contributed by atoms with Gasteiger partial charge in [0.2, 0.25) is 0 Å². The summed E-state index contributed by atoms with van der Waals surface area (Å²) < 4.78 is 43.1. The van der Waals surface area contributed by atoms with Gasteiger partial charge in [-0.05, 0) is 73.2 Å². The molecule has 0 heterocycles. The number of carbonyl (C=O) groups excluding carboxylic acids is 1. The van der Waals surface area contributed by atoms with Gasteiger partial charge in [-0.15, -0.1) is 0 Å². The average molecular weight is 658 g/mol. The lowest BCUT2D eigenvalue weighted by molar-refractivity contribution is -0.104. The van der Waals surface area contributed by atoms with Crippen LogP contribution in [-0.2, 0) is 17.9 Å². The smallest absolute Gasteiger partial charge is 0.415 e. The van der Waals surface area contributed by atoms with E-state index in [2.05, 4.69) is 96.9 Å². The van der Waals surface area contributed by atoms with E-state index < -0.39 is 11.7 Å². The van der Waals surface area contributed by atoms with Gasteiger partial charge >= 0.3 is 6.18 Å². The molecule has 0 amide bonds. The van der Waals surface area contributed by atoms with E-state index >= 15 is 0 Å². The first-order valence-corrected chi connectivity index (χ1v) is 16.2. The molecule has 48 heavy (non-hydrogen) atoms. The summed E-state index contributed by atoms with van der Waals surface area (Å²) >= 11 is 0. The molecule has 4 aromatic rings. The number of anilines is 1. The second-order valence-electron chi connectivity index (χ2n) is 11.3. The van der Waals surface area contributed by atoms with Crippen LogP contribution in [0.25, 0.3) is 0 Å². The molecule has 5 rings (SSSR count). The number of hydrogen-bond donors (Lipinski definition) is 3. The Kier molecular flexibility index (Phi) is 15.1. The maximum Gasteiger partial charge on any atom is 0.415 e. The van der Waals surface area contributed by atoms with Crippen molar-refractivity contribution in [2.45, 2.75) is 59.0 Å². The summed E-state index contributed by atoms with van der Waals surface area (Å²) in [4.78, 5) is 10.8. The first-order chi connectivity index (χ1) is 23.2. The predicted molar refractivity (Wildman–Crippen MR) is 190 cm³/mol. The normalized spacial score (nSPS) is 13.2. The van der Waals surface area contributed by atoms with E-state index in [0.717, 1.165) is 23.8 Å². The lowest BCUT2D eigenvalue weighted by Crippen LogP contribution is -2.25. The second-order valence-corrected chi connectivity index (χ2v) is 11.3. The molecule has 1 aliphatic carbocycles. The topological polar surface area (TPSA) is 76.4 Å². The van der Waals surface area contributed by atoms with Crippen molar-refractivity contribution in [1.82, 2.24) is 5.32 Å². The van der Waals surface area contributed by atoms with Crippen molar-refractivity contribution in [1.29, 1.82) is 0 Å². The van der Waals surface area contributed by atoms with Crippen LogP contribution in [0.15, 0.2) is 127 Å². The molecule has 0 aliphatic heterocycles. The highest BCUT2D eigenvalue weighted by Gasteiger charge is 2.30. The third-order valence-electron chi connectivity index (χ3n) is 7.42. The van der Waals surface area contributed by atoms with E-state index in [1.807, 2.05) is 19.9 Å². The molecule has 0 bridgehead atoms. The molecule has 0 spiro atoms. The number of ether oxygens (including phenoxy) is 1. The van der Waals surface area contributed by atoms with Crippen LogP contribution in [0.1, 0.15) is 60.5 Å². The molecule has 4 aromatic carbocycles. The number of nitrogens with two attached hydrogens (primary N) is 1. The van der Waals surface area contributed by atoms with Crippen molar-refractivity contribution >= 4 is 12.0 Å². The number of halogens is 3. The van der Waals surface area contributed by atoms with Gasteiger partial charge in [0.25, 0.3) is 0 Å². The molecule has 8 heteroatoms. The molecule has 0 radical (unpaired) electrons. The zero-order valence-corrected chi connectivity index (χ0v) is 27.9. The molecule has 1 fully saturated rings. The van der Waals surface area contributed by atoms with Crippen LogP contribution >= 0.6 is 0 Å². The van der Waals surface area contributed by atoms with E-state index in [1.165, 1.54) is 35.1 Å². The standard InChI is InChI=1S/C25H27NO.C13H13F3N2O.C2H6/c1-19-8-7-11-22(16-19)25(26-17-20-14-15-20)23-12-5-6-13-24(23)27-18-21-9-3-2-4-10-21;1-9(13(14,15)16)5-12(8-19)18-11-4-2-3-10(6-11)7-17;1-2/h2-13,16,20,25-26H,14-15,17-18H2,1H3;2-6,8,18H,1,7,17H2;1-2H3/b;12-5-;. The molecular weight excluding hydrogens is 611 g/mol. The Morgan fingerprint density at radius 1 is 0.938 bits per heavy atom. The molecule has 1 aliphatic rings. The highest BCUT2D eigenvalue weighted by molar-refractivity contribution is 5.79. The van der Waals surface area contributed by atoms with E-state index in [4.69, 9.17) is 10.5 Å². The third-order valence-corrected chi connectivity index (χ3v) is 7.42. The van der Waals surface area contributed by atoms with Crippen molar-refractivity contribution in [3.8, 4) is 5.75 Å². The largest absolute Gasteiger partial charge is 0.489 e. The van der Waals surface area contributed by atoms with Crippen LogP contribution in [0.5, 0.6) is 5.75 Å². The van der Waals surface area contributed by atoms with Crippen molar-refractivity contribution in [3.63, 3.8) is 0 Å².